The van der Waals surface area contributed by atoms with Crippen LogP contribution in [0, 0.1) is 0 Å². The standard InChI is InChI=1S/C10H11BrN2O2/c1-2-15-9(14)4-3-7-5-8(11)6-13-10(7)12/h3-6H,2H2,1H3,(H2,12,13). The second kappa shape index (κ2) is 5.50. The highest BCUT2D eigenvalue weighted by Crippen LogP contribution is 2.16. The zero-order valence-corrected chi connectivity index (χ0v) is 9.82. The number of aromatic nitrogens is 1. The van der Waals surface area contributed by atoms with Crippen molar-refractivity contribution in [3.05, 3.63) is 28.4 Å². The van der Waals surface area contributed by atoms with Gasteiger partial charge in [0.15, 0.2) is 0 Å². The molecule has 1 aromatic heterocycles. The Bertz CT molecular complexity index is 391. The van der Waals surface area contributed by atoms with E-state index < -0.39 is 5.97 Å². The Balaban J connectivity index is 2.79. The fourth-order valence-corrected chi connectivity index (χ4v) is 1.30. The van der Waals surface area contributed by atoms with Crippen molar-refractivity contribution in [3.63, 3.8) is 0 Å². The van der Waals surface area contributed by atoms with Crippen LogP contribution in [0.1, 0.15) is 12.5 Å². The van der Waals surface area contributed by atoms with Crippen LogP contribution in [0.15, 0.2) is 22.8 Å². The molecule has 0 aromatic carbocycles. The average molecular weight is 271 g/mol. The molecule has 0 bridgehead atoms. The Kier molecular flexibility index (Phi) is 4.30. The summed E-state index contributed by atoms with van der Waals surface area (Å²) >= 11 is 3.27. The third-order valence-electron chi connectivity index (χ3n) is 1.60. The summed E-state index contributed by atoms with van der Waals surface area (Å²) in [7, 11) is 0. The van der Waals surface area contributed by atoms with E-state index in [1.54, 1.807) is 25.3 Å². The molecule has 0 aliphatic carbocycles. The van der Waals surface area contributed by atoms with Gasteiger partial charge < -0.3 is 10.5 Å². The summed E-state index contributed by atoms with van der Waals surface area (Å²) in [6.45, 7) is 2.11. The molecular formula is C10H11BrN2O2. The molecule has 0 radical (unpaired) electrons. The van der Waals surface area contributed by atoms with Gasteiger partial charge in [-0.25, -0.2) is 9.78 Å². The van der Waals surface area contributed by atoms with Crippen molar-refractivity contribution < 1.29 is 9.53 Å². The number of rotatable bonds is 3. The van der Waals surface area contributed by atoms with Crippen LogP contribution in [0.3, 0.4) is 0 Å². The summed E-state index contributed by atoms with van der Waals surface area (Å²) in [5.74, 6) is -0.0179. The third-order valence-corrected chi connectivity index (χ3v) is 2.04. The van der Waals surface area contributed by atoms with E-state index in [0.29, 0.717) is 18.0 Å². The highest BCUT2D eigenvalue weighted by molar-refractivity contribution is 9.10. The number of nitrogens with two attached hydrogens (primary N) is 1. The second-order valence-electron chi connectivity index (χ2n) is 2.71. The number of hydrogen-bond donors (Lipinski definition) is 1. The Morgan fingerprint density at radius 3 is 3.13 bits per heavy atom. The molecule has 1 rings (SSSR count). The Morgan fingerprint density at radius 2 is 2.47 bits per heavy atom. The van der Waals surface area contributed by atoms with E-state index in [1.165, 1.54) is 6.08 Å². The van der Waals surface area contributed by atoms with Crippen LogP contribution >= 0.6 is 15.9 Å². The van der Waals surface area contributed by atoms with E-state index in [0.717, 1.165) is 4.47 Å². The third kappa shape index (κ3) is 3.71. The zero-order valence-electron chi connectivity index (χ0n) is 8.24. The number of halogens is 1. The topological polar surface area (TPSA) is 65.2 Å². The Labute approximate surface area is 96.3 Å². The predicted octanol–water partition coefficient (Wildman–Crippen LogP) is 2.00. The monoisotopic (exact) mass is 270 g/mol. The van der Waals surface area contributed by atoms with Gasteiger partial charge in [-0.2, -0.15) is 0 Å². The molecule has 0 saturated carbocycles. The number of ether oxygens (including phenoxy) is 1. The molecule has 0 fully saturated rings. The molecule has 1 heterocycles. The van der Waals surface area contributed by atoms with Crippen LogP contribution in [0.5, 0.6) is 0 Å². The molecular weight excluding hydrogens is 260 g/mol. The predicted molar refractivity (Wildman–Crippen MR) is 62.0 cm³/mol. The minimum absolute atomic E-state index is 0.357. The van der Waals surface area contributed by atoms with Gasteiger partial charge in [0.05, 0.1) is 6.61 Å². The van der Waals surface area contributed by atoms with Crippen LogP contribution in [0.4, 0.5) is 5.82 Å². The van der Waals surface area contributed by atoms with Gasteiger partial charge in [0.1, 0.15) is 5.82 Å². The van der Waals surface area contributed by atoms with Crippen molar-refractivity contribution in [1.29, 1.82) is 0 Å². The molecule has 0 aliphatic rings. The minimum Gasteiger partial charge on any atom is -0.463 e. The van der Waals surface area contributed by atoms with Crippen LogP contribution < -0.4 is 5.73 Å². The highest BCUT2D eigenvalue weighted by atomic mass is 79.9. The van der Waals surface area contributed by atoms with Crippen molar-refractivity contribution in [2.24, 2.45) is 0 Å². The molecule has 15 heavy (non-hydrogen) atoms. The average Bonchev–Trinajstić information content (AvgIpc) is 2.20. The van der Waals surface area contributed by atoms with E-state index >= 15 is 0 Å². The molecule has 2 N–H and O–H groups in total. The summed E-state index contributed by atoms with van der Waals surface area (Å²) in [5, 5.41) is 0. The van der Waals surface area contributed by atoms with Gasteiger partial charge in [-0.3, -0.25) is 0 Å². The van der Waals surface area contributed by atoms with Gasteiger partial charge in [-0.05, 0) is 35.0 Å². The first-order valence-corrected chi connectivity index (χ1v) is 5.18. The maximum Gasteiger partial charge on any atom is 0.330 e. The maximum absolute atomic E-state index is 11.0. The lowest BCUT2D eigenvalue weighted by Gasteiger charge is -1.99. The first kappa shape index (κ1) is 11.7. The van der Waals surface area contributed by atoms with Crippen molar-refractivity contribution >= 4 is 33.8 Å². The lowest BCUT2D eigenvalue weighted by atomic mass is 10.2. The number of hydrogen-bond acceptors (Lipinski definition) is 4. The zero-order chi connectivity index (χ0) is 11.3. The number of esters is 1. The number of carbonyl (C=O) groups excluding carboxylic acids is 1. The SMILES string of the molecule is CCOC(=O)C=Cc1cc(Br)cnc1N. The largest absolute Gasteiger partial charge is 0.463 e. The number of pyridine rings is 1. The van der Waals surface area contributed by atoms with Gasteiger partial charge in [-0.1, -0.05) is 0 Å². The first-order valence-electron chi connectivity index (χ1n) is 4.39. The quantitative estimate of drug-likeness (QED) is 0.674. The van der Waals surface area contributed by atoms with Gasteiger partial charge in [0.2, 0.25) is 0 Å². The van der Waals surface area contributed by atoms with E-state index in [2.05, 4.69) is 20.9 Å². The number of anilines is 1. The summed E-state index contributed by atoms with van der Waals surface area (Å²) < 4.78 is 5.54. The molecule has 0 saturated heterocycles. The first-order chi connectivity index (χ1) is 7.13. The summed E-state index contributed by atoms with van der Waals surface area (Å²) in [6, 6.07) is 1.78. The Hall–Kier alpha value is -1.36. The molecule has 1 aromatic rings. The van der Waals surface area contributed by atoms with Crippen molar-refractivity contribution in [2.45, 2.75) is 6.92 Å². The van der Waals surface area contributed by atoms with Crippen molar-refractivity contribution in [1.82, 2.24) is 4.98 Å². The minimum atomic E-state index is -0.392. The maximum atomic E-state index is 11.0. The molecule has 0 aliphatic heterocycles. The number of carbonyl (C=O) groups is 1. The van der Waals surface area contributed by atoms with E-state index in [1.807, 2.05) is 0 Å². The van der Waals surface area contributed by atoms with Crippen LogP contribution in [-0.2, 0) is 9.53 Å². The molecule has 80 valence electrons. The van der Waals surface area contributed by atoms with Gasteiger partial charge in [0.25, 0.3) is 0 Å². The van der Waals surface area contributed by atoms with Gasteiger partial charge in [0, 0.05) is 22.3 Å². The smallest absolute Gasteiger partial charge is 0.330 e. The summed E-state index contributed by atoms with van der Waals surface area (Å²) in [4.78, 5) is 15.0. The van der Waals surface area contributed by atoms with Gasteiger partial charge in [-0.15, -0.1) is 0 Å². The molecule has 0 spiro atoms. The van der Waals surface area contributed by atoms with Crippen molar-refractivity contribution in [2.75, 3.05) is 12.3 Å². The fourth-order valence-electron chi connectivity index (χ4n) is 0.947. The highest BCUT2D eigenvalue weighted by Gasteiger charge is 1.99. The number of nitrogen functional groups attached to an aromatic ring is 1. The molecule has 5 heteroatoms. The fraction of sp³-hybridized carbons (Fsp3) is 0.200. The van der Waals surface area contributed by atoms with E-state index in [4.69, 9.17) is 10.5 Å². The lowest BCUT2D eigenvalue weighted by molar-refractivity contribution is -0.137. The normalized spacial score (nSPS) is 10.5. The van der Waals surface area contributed by atoms with Gasteiger partial charge >= 0.3 is 5.97 Å². The molecule has 0 atom stereocenters. The van der Waals surface area contributed by atoms with Crippen LogP contribution in [-0.4, -0.2) is 17.6 Å². The lowest BCUT2D eigenvalue weighted by Crippen LogP contribution is -1.99. The van der Waals surface area contributed by atoms with E-state index in [-0.39, 0.29) is 0 Å². The molecule has 0 amide bonds. The van der Waals surface area contributed by atoms with Crippen LogP contribution in [0.2, 0.25) is 0 Å². The van der Waals surface area contributed by atoms with Crippen molar-refractivity contribution in [3.8, 4) is 0 Å². The van der Waals surface area contributed by atoms with Crippen LogP contribution in [0.25, 0.3) is 6.08 Å². The Morgan fingerprint density at radius 1 is 1.73 bits per heavy atom. The second-order valence-corrected chi connectivity index (χ2v) is 3.63. The molecule has 0 unspecified atom stereocenters. The summed E-state index contributed by atoms with van der Waals surface area (Å²) in [6.07, 6.45) is 4.49. The molecule has 4 nitrogen and oxygen atoms in total. The summed E-state index contributed by atoms with van der Waals surface area (Å²) in [5.41, 5.74) is 6.29. The number of nitrogens with zero attached hydrogens (tertiary/aromatic N) is 1. The van der Waals surface area contributed by atoms with E-state index in [9.17, 15) is 4.79 Å².